The minimum atomic E-state index is -0.341. The molecule has 0 spiro atoms. The standard InChI is InChI=1S/C27H30N4O2/c1-19-9-12-23(13-10-19)28-26(32)29-24-17-20(2)11-14-25(24)31-16-6-15-30(27(31)33)18-22-8-5-4-7-21(22)3/h4-5,7-14,17H,6,15-16,18H2,1-3H3,(H2,28,29,32). The van der Waals surface area contributed by atoms with Gasteiger partial charge in [-0.15, -0.1) is 0 Å². The van der Waals surface area contributed by atoms with Gasteiger partial charge in [0.2, 0.25) is 0 Å². The van der Waals surface area contributed by atoms with Gasteiger partial charge < -0.3 is 15.5 Å². The summed E-state index contributed by atoms with van der Waals surface area (Å²) in [4.78, 5) is 29.8. The molecule has 4 amide bonds. The van der Waals surface area contributed by atoms with E-state index in [4.69, 9.17) is 0 Å². The molecule has 3 aromatic carbocycles. The summed E-state index contributed by atoms with van der Waals surface area (Å²) in [5.74, 6) is 0. The van der Waals surface area contributed by atoms with E-state index in [9.17, 15) is 9.59 Å². The Labute approximate surface area is 195 Å². The van der Waals surface area contributed by atoms with Gasteiger partial charge in [0.15, 0.2) is 0 Å². The van der Waals surface area contributed by atoms with Crippen molar-refractivity contribution in [3.8, 4) is 0 Å². The predicted molar refractivity (Wildman–Crippen MR) is 134 cm³/mol. The third-order valence-corrected chi connectivity index (χ3v) is 5.93. The maximum absolute atomic E-state index is 13.4. The predicted octanol–water partition coefficient (Wildman–Crippen LogP) is 6.09. The van der Waals surface area contributed by atoms with Crippen molar-refractivity contribution < 1.29 is 9.59 Å². The van der Waals surface area contributed by atoms with Gasteiger partial charge in [-0.3, -0.25) is 4.90 Å². The Morgan fingerprint density at radius 2 is 1.61 bits per heavy atom. The topological polar surface area (TPSA) is 64.7 Å². The zero-order valence-electron chi connectivity index (χ0n) is 19.4. The molecular weight excluding hydrogens is 412 g/mol. The molecule has 0 radical (unpaired) electrons. The molecule has 0 aromatic heterocycles. The van der Waals surface area contributed by atoms with Crippen molar-refractivity contribution in [2.45, 2.75) is 33.7 Å². The third-order valence-electron chi connectivity index (χ3n) is 5.93. The minimum absolute atomic E-state index is 0.0460. The number of anilines is 3. The first-order valence-electron chi connectivity index (χ1n) is 11.3. The first-order chi connectivity index (χ1) is 15.9. The number of nitrogens with one attached hydrogen (secondary N) is 2. The molecule has 33 heavy (non-hydrogen) atoms. The molecular formula is C27H30N4O2. The summed E-state index contributed by atoms with van der Waals surface area (Å²) in [6, 6.07) is 21.2. The molecule has 0 aliphatic carbocycles. The van der Waals surface area contributed by atoms with Crippen LogP contribution >= 0.6 is 0 Å². The number of rotatable bonds is 5. The minimum Gasteiger partial charge on any atom is -0.320 e. The summed E-state index contributed by atoms with van der Waals surface area (Å²) in [7, 11) is 0. The van der Waals surface area contributed by atoms with Crippen molar-refractivity contribution in [3.05, 3.63) is 89.0 Å². The van der Waals surface area contributed by atoms with Crippen molar-refractivity contribution in [2.75, 3.05) is 28.6 Å². The molecule has 1 aliphatic rings. The Balaban J connectivity index is 1.53. The van der Waals surface area contributed by atoms with Gasteiger partial charge in [0, 0.05) is 25.3 Å². The number of hydrogen-bond acceptors (Lipinski definition) is 2. The Kier molecular flexibility index (Phi) is 6.63. The van der Waals surface area contributed by atoms with Crippen molar-refractivity contribution in [1.29, 1.82) is 0 Å². The van der Waals surface area contributed by atoms with Crippen LogP contribution in [-0.2, 0) is 6.54 Å². The number of carbonyl (C=O) groups is 2. The normalized spacial score (nSPS) is 13.7. The highest BCUT2D eigenvalue weighted by molar-refractivity contribution is 6.04. The Morgan fingerprint density at radius 1 is 0.879 bits per heavy atom. The molecule has 6 nitrogen and oxygen atoms in total. The summed E-state index contributed by atoms with van der Waals surface area (Å²) in [6.07, 6.45) is 0.862. The molecule has 2 N–H and O–H groups in total. The molecule has 0 saturated carbocycles. The van der Waals surface area contributed by atoms with Crippen molar-refractivity contribution in [1.82, 2.24) is 4.90 Å². The second-order valence-electron chi connectivity index (χ2n) is 8.60. The van der Waals surface area contributed by atoms with E-state index in [2.05, 4.69) is 29.7 Å². The van der Waals surface area contributed by atoms with Crippen LogP contribution < -0.4 is 15.5 Å². The molecule has 0 bridgehead atoms. The van der Waals surface area contributed by atoms with E-state index in [0.29, 0.717) is 36.7 Å². The van der Waals surface area contributed by atoms with Gasteiger partial charge in [-0.1, -0.05) is 48.0 Å². The molecule has 4 rings (SSSR count). The number of aryl methyl sites for hydroxylation is 3. The summed E-state index contributed by atoms with van der Waals surface area (Å²) >= 11 is 0. The molecule has 6 heteroatoms. The first-order valence-corrected chi connectivity index (χ1v) is 11.3. The van der Waals surface area contributed by atoms with Crippen LogP contribution in [-0.4, -0.2) is 30.1 Å². The number of carbonyl (C=O) groups excluding carboxylic acids is 2. The van der Waals surface area contributed by atoms with Crippen molar-refractivity contribution in [2.24, 2.45) is 0 Å². The summed E-state index contributed by atoms with van der Waals surface area (Å²) in [5, 5.41) is 5.81. The second kappa shape index (κ2) is 9.77. The fourth-order valence-electron chi connectivity index (χ4n) is 4.05. The zero-order valence-corrected chi connectivity index (χ0v) is 19.4. The lowest BCUT2D eigenvalue weighted by atomic mass is 10.1. The van der Waals surface area contributed by atoms with Gasteiger partial charge in [-0.25, -0.2) is 9.59 Å². The summed E-state index contributed by atoms with van der Waals surface area (Å²) in [6.45, 7) is 7.93. The number of hydrogen-bond donors (Lipinski definition) is 2. The van der Waals surface area contributed by atoms with Gasteiger partial charge >= 0.3 is 12.1 Å². The average molecular weight is 443 g/mol. The molecule has 1 fully saturated rings. The lowest BCUT2D eigenvalue weighted by molar-refractivity contribution is 0.192. The van der Waals surface area contributed by atoms with Crippen molar-refractivity contribution >= 4 is 29.1 Å². The lowest BCUT2D eigenvalue weighted by Gasteiger charge is -2.36. The van der Waals surface area contributed by atoms with Crippen LogP contribution in [0.15, 0.2) is 66.7 Å². The SMILES string of the molecule is Cc1ccc(NC(=O)Nc2cc(C)ccc2N2CCCN(Cc3ccccc3C)C2=O)cc1. The smallest absolute Gasteiger partial charge is 0.320 e. The summed E-state index contributed by atoms with van der Waals surface area (Å²) < 4.78 is 0. The maximum atomic E-state index is 13.4. The van der Waals surface area contributed by atoms with E-state index < -0.39 is 0 Å². The first kappa shape index (κ1) is 22.4. The summed E-state index contributed by atoms with van der Waals surface area (Å²) in [5.41, 5.74) is 6.49. The molecule has 1 heterocycles. The number of amides is 4. The average Bonchev–Trinajstić information content (AvgIpc) is 2.79. The molecule has 3 aromatic rings. The van der Waals surface area contributed by atoms with Gasteiger partial charge in [-0.05, 0) is 68.1 Å². The zero-order chi connectivity index (χ0) is 23.4. The Bertz CT molecular complexity index is 1160. The van der Waals surface area contributed by atoms with Gasteiger partial charge in [0.05, 0.1) is 11.4 Å². The van der Waals surface area contributed by atoms with E-state index >= 15 is 0 Å². The monoisotopic (exact) mass is 442 g/mol. The molecule has 1 aliphatic heterocycles. The lowest BCUT2D eigenvalue weighted by Crippen LogP contribution is -2.49. The third kappa shape index (κ3) is 5.34. The van der Waals surface area contributed by atoms with Crippen LogP contribution in [0.25, 0.3) is 0 Å². The number of nitrogens with zero attached hydrogens (tertiary/aromatic N) is 2. The van der Waals surface area contributed by atoms with Crippen LogP contribution in [0.1, 0.15) is 28.7 Å². The number of benzene rings is 3. The van der Waals surface area contributed by atoms with E-state index in [1.54, 1.807) is 4.90 Å². The van der Waals surface area contributed by atoms with Crippen LogP contribution in [0.4, 0.5) is 26.7 Å². The van der Waals surface area contributed by atoms with E-state index in [0.717, 1.165) is 23.1 Å². The van der Waals surface area contributed by atoms with Crippen molar-refractivity contribution in [3.63, 3.8) is 0 Å². The van der Waals surface area contributed by atoms with E-state index in [1.807, 2.05) is 73.3 Å². The van der Waals surface area contributed by atoms with E-state index in [1.165, 1.54) is 5.56 Å². The largest absolute Gasteiger partial charge is 0.324 e. The molecule has 0 atom stereocenters. The highest BCUT2D eigenvalue weighted by Crippen LogP contribution is 2.30. The fraction of sp³-hybridized carbons (Fsp3) is 0.259. The second-order valence-corrected chi connectivity index (χ2v) is 8.60. The fourth-order valence-corrected chi connectivity index (χ4v) is 4.05. The van der Waals surface area contributed by atoms with Crippen LogP contribution in [0.5, 0.6) is 0 Å². The van der Waals surface area contributed by atoms with Gasteiger partial charge in [-0.2, -0.15) is 0 Å². The van der Waals surface area contributed by atoms with Gasteiger partial charge in [0.25, 0.3) is 0 Å². The number of urea groups is 2. The molecule has 0 unspecified atom stereocenters. The van der Waals surface area contributed by atoms with Crippen LogP contribution in [0, 0.1) is 20.8 Å². The maximum Gasteiger partial charge on any atom is 0.324 e. The Hall–Kier alpha value is -3.80. The molecule has 170 valence electrons. The quantitative estimate of drug-likeness (QED) is 0.502. The highest BCUT2D eigenvalue weighted by Gasteiger charge is 2.29. The van der Waals surface area contributed by atoms with Gasteiger partial charge in [0.1, 0.15) is 0 Å². The van der Waals surface area contributed by atoms with E-state index in [-0.39, 0.29) is 12.1 Å². The van der Waals surface area contributed by atoms with Crippen LogP contribution in [0.2, 0.25) is 0 Å². The Morgan fingerprint density at radius 3 is 2.36 bits per heavy atom. The highest BCUT2D eigenvalue weighted by atomic mass is 16.2. The van der Waals surface area contributed by atoms with Crippen LogP contribution in [0.3, 0.4) is 0 Å². The molecule has 1 saturated heterocycles.